The second-order valence-electron chi connectivity index (χ2n) is 2.74. The predicted octanol–water partition coefficient (Wildman–Crippen LogP) is 2.36. The van der Waals surface area contributed by atoms with Crippen LogP contribution in [0.3, 0.4) is 0 Å². The number of benzene rings is 1. The topological polar surface area (TPSA) is 32.3 Å². The molecule has 4 heteroatoms. The summed E-state index contributed by atoms with van der Waals surface area (Å²) in [4.78, 5) is 0. The van der Waals surface area contributed by atoms with E-state index in [1.807, 2.05) is 6.07 Å². The van der Waals surface area contributed by atoms with Gasteiger partial charge in [0.2, 0.25) is 0 Å². The van der Waals surface area contributed by atoms with Crippen molar-refractivity contribution in [3.05, 3.63) is 33.3 Å². The number of hydrogen-bond donors (Lipinski definition) is 2. The molecule has 0 bridgehead atoms. The summed E-state index contributed by atoms with van der Waals surface area (Å²) in [5.41, 5.74) is 0.846. The molecular weight excluding hydrogens is 253 g/mol. The molecule has 1 aromatic carbocycles. The third-order valence-electron chi connectivity index (χ3n) is 1.72. The van der Waals surface area contributed by atoms with E-state index in [-0.39, 0.29) is 0 Å². The van der Waals surface area contributed by atoms with E-state index >= 15 is 0 Å². The van der Waals surface area contributed by atoms with Crippen molar-refractivity contribution in [2.24, 2.45) is 0 Å². The molecule has 0 radical (unpaired) electrons. The summed E-state index contributed by atoms with van der Waals surface area (Å²) in [5, 5.41) is 13.2. The predicted molar refractivity (Wildman–Crippen MR) is 58.0 cm³/mol. The van der Waals surface area contributed by atoms with Crippen LogP contribution in [-0.2, 0) is 0 Å². The first-order valence-corrected chi connectivity index (χ1v) is 5.10. The van der Waals surface area contributed by atoms with Crippen molar-refractivity contribution in [2.45, 2.75) is 6.10 Å². The molecule has 1 rings (SSSR count). The lowest BCUT2D eigenvalue weighted by Gasteiger charge is -2.12. The summed E-state index contributed by atoms with van der Waals surface area (Å²) in [6, 6.07) is 5.35. The quantitative estimate of drug-likeness (QED) is 0.878. The van der Waals surface area contributed by atoms with Crippen LogP contribution in [0.25, 0.3) is 0 Å². The fourth-order valence-electron chi connectivity index (χ4n) is 1.08. The van der Waals surface area contributed by atoms with Crippen LogP contribution in [0, 0.1) is 0 Å². The lowest BCUT2D eigenvalue weighted by atomic mass is 10.1. The number of aliphatic hydroxyl groups is 1. The van der Waals surface area contributed by atoms with Crippen LogP contribution in [0.15, 0.2) is 22.7 Å². The van der Waals surface area contributed by atoms with Crippen LogP contribution in [0.5, 0.6) is 0 Å². The van der Waals surface area contributed by atoms with Crippen molar-refractivity contribution in [1.82, 2.24) is 5.32 Å². The zero-order chi connectivity index (χ0) is 9.84. The molecule has 1 unspecified atom stereocenters. The number of nitrogens with one attached hydrogen (secondary N) is 1. The molecule has 0 heterocycles. The molecule has 0 fully saturated rings. The maximum Gasteiger partial charge on any atom is 0.0925 e. The minimum atomic E-state index is -0.503. The Labute approximate surface area is 91.0 Å². The molecule has 1 aromatic rings. The van der Waals surface area contributed by atoms with Gasteiger partial charge in [0.25, 0.3) is 0 Å². The molecule has 0 aliphatic carbocycles. The molecule has 0 aliphatic rings. The van der Waals surface area contributed by atoms with Gasteiger partial charge < -0.3 is 10.4 Å². The van der Waals surface area contributed by atoms with Crippen LogP contribution in [-0.4, -0.2) is 18.7 Å². The molecule has 0 spiro atoms. The monoisotopic (exact) mass is 263 g/mol. The minimum absolute atomic E-state index is 0.503. The van der Waals surface area contributed by atoms with E-state index in [4.69, 9.17) is 11.6 Å². The molecule has 0 amide bonds. The van der Waals surface area contributed by atoms with E-state index in [0.29, 0.717) is 11.6 Å². The minimum Gasteiger partial charge on any atom is -0.387 e. The highest BCUT2D eigenvalue weighted by Crippen LogP contribution is 2.26. The molecule has 2 N–H and O–H groups in total. The first-order valence-electron chi connectivity index (χ1n) is 3.92. The molecule has 0 aromatic heterocycles. The molecular formula is C9H11BrClNO. The zero-order valence-electron chi connectivity index (χ0n) is 7.22. The summed E-state index contributed by atoms with van der Waals surface area (Å²) in [6.07, 6.45) is -0.503. The van der Waals surface area contributed by atoms with Gasteiger partial charge in [-0.3, -0.25) is 0 Å². The van der Waals surface area contributed by atoms with Gasteiger partial charge in [0.15, 0.2) is 0 Å². The maximum absolute atomic E-state index is 9.66. The van der Waals surface area contributed by atoms with Crippen LogP contribution in [0.4, 0.5) is 0 Å². The third kappa shape index (κ3) is 2.95. The van der Waals surface area contributed by atoms with Crippen molar-refractivity contribution in [1.29, 1.82) is 0 Å². The average molecular weight is 265 g/mol. The van der Waals surface area contributed by atoms with Crippen molar-refractivity contribution in [3.8, 4) is 0 Å². The fraction of sp³-hybridized carbons (Fsp3) is 0.333. The molecule has 0 saturated carbocycles. The number of aliphatic hydroxyl groups excluding tert-OH is 1. The molecule has 13 heavy (non-hydrogen) atoms. The fourth-order valence-corrected chi connectivity index (χ4v) is 2.02. The normalized spacial score (nSPS) is 12.9. The smallest absolute Gasteiger partial charge is 0.0925 e. The molecule has 1 atom stereocenters. The Balaban J connectivity index is 2.88. The molecule has 0 aliphatic heterocycles. The average Bonchev–Trinajstić information content (AvgIpc) is 2.04. The lowest BCUT2D eigenvalue weighted by molar-refractivity contribution is 0.177. The number of likely N-dealkylation sites (N-methyl/N-ethyl adjacent to an activating group) is 1. The highest BCUT2D eigenvalue weighted by atomic mass is 79.9. The second-order valence-corrected chi connectivity index (χ2v) is 4.03. The van der Waals surface area contributed by atoms with Crippen LogP contribution >= 0.6 is 27.5 Å². The Kier molecular flexibility index (Phi) is 4.19. The van der Waals surface area contributed by atoms with Crippen molar-refractivity contribution < 1.29 is 5.11 Å². The number of hydrogen-bond acceptors (Lipinski definition) is 2. The molecule has 0 saturated heterocycles. The van der Waals surface area contributed by atoms with Gasteiger partial charge >= 0.3 is 0 Å². The van der Waals surface area contributed by atoms with E-state index in [9.17, 15) is 5.11 Å². The van der Waals surface area contributed by atoms with Gasteiger partial charge in [0.05, 0.1) is 6.10 Å². The summed E-state index contributed by atoms with van der Waals surface area (Å²) in [7, 11) is 1.80. The summed E-state index contributed by atoms with van der Waals surface area (Å²) < 4.78 is 0.836. The Hall–Kier alpha value is -0.0900. The van der Waals surface area contributed by atoms with Gasteiger partial charge in [-0.2, -0.15) is 0 Å². The second kappa shape index (κ2) is 4.96. The summed E-state index contributed by atoms with van der Waals surface area (Å²) >= 11 is 9.12. The standard InChI is InChI=1S/C9H11BrClNO/c1-12-5-9(13)7-3-2-6(11)4-8(7)10/h2-4,9,12-13H,5H2,1H3. The Morgan fingerprint density at radius 2 is 2.31 bits per heavy atom. The SMILES string of the molecule is CNCC(O)c1ccc(Cl)cc1Br. The van der Waals surface area contributed by atoms with E-state index in [2.05, 4.69) is 21.2 Å². The van der Waals surface area contributed by atoms with Crippen molar-refractivity contribution in [2.75, 3.05) is 13.6 Å². The van der Waals surface area contributed by atoms with Gasteiger partial charge in [-0.05, 0) is 24.7 Å². The van der Waals surface area contributed by atoms with E-state index in [1.165, 1.54) is 0 Å². The third-order valence-corrected chi connectivity index (χ3v) is 2.64. The van der Waals surface area contributed by atoms with Gasteiger partial charge in [0.1, 0.15) is 0 Å². The van der Waals surface area contributed by atoms with Gasteiger partial charge in [-0.25, -0.2) is 0 Å². The van der Waals surface area contributed by atoms with Crippen LogP contribution < -0.4 is 5.32 Å². The Morgan fingerprint density at radius 1 is 1.62 bits per heavy atom. The highest BCUT2D eigenvalue weighted by molar-refractivity contribution is 9.10. The lowest BCUT2D eigenvalue weighted by Crippen LogP contribution is -2.16. The largest absolute Gasteiger partial charge is 0.387 e. The zero-order valence-corrected chi connectivity index (χ0v) is 9.56. The highest BCUT2D eigenvalue weighted by Gasteiger charge is 2.09. The van der Waals surface area contributed by atoms with Gasteiger partial charge in [-0.15, -0.1) is 0 Å². The molecule has 72 valence electrons. The number of halogens is 2. The van der Waals surface area contributed by atoms with E-state index in [1.54, 1.807) is 19.2 Å². The van der Waals surface area contributed by atoms with Gasteiger partial charge in [0, 0.05) is 16.0 Å². The van der Waals surface area contributed by atoms with E-state index < -0.39 is 6.10 Å². The first-order chi connectivity index (χ1) is 6.15. The first kappa shape index (κ1) is 11.0. The molecule has 2 nitrogen and oxygen atoms in total. The van der Waals surface area contributed by atoms with Crippen LogP contribution in [0.2, 0.25) is 5.02 Å². The van der Waals surface area contributed by atoms with Gasteiger partial charge in [-0.1, -0.05) is 33.6 Å². The summed E-state index contributed by atoms with van der Waals surface area (Å²) in [6.45, 7) is 0.528. The maximum atomic E-state index is 9.66. The van der Waals surface area contributed by atoms with E-state index in [0.717, 1.165) is 10.0 Å². The van der Waals surface area contributed by atoms with Crippen molar-refractivity contribution >= 4 is 27.5 Å². The van der Waals surface area contributed by atoms with Crippen LogP contribution in [0.1, 0.15) is 11.7 Å². The van der Waals surface area contributed by atoms with Crippen molar-refractivity contribution in [3.63, 3.8) is 0 Å². The summed E-state index contributed by atoms with van der Waals surface area (Å²) in [5.74, 6) is 0. The Bertz CT molecular complexity index is 293. The number of rotatable bonds is 3. The Morgan fingerprint density at radius 3 is 2.85 bits per heavy atom.